The van der Waals surface area contributed by atoms with Gasteiger partial charge in [-0.1, -0.05) is 83.1 Å². The van der Waals surface area contributed by atoms with Crippen LogP contribution in [0, 0.1) is 23.7 Å². The van der Waals surface area contributed by atoms with Crippen molar-refractivity contribution in [2.75, 3.05) is 19.8 Å². The quantitative estimate of drug-likeness (QED) is 0.0874. The summed E-state index contributed by atoms with van der Waals surface area (Å²) in [4.78, 5) is 22.1. The highest BCUT2D eigenvalue weighted by molar-refractivity contribution is 5.81. The van der Waals surface area contributed by atoms with Crippen LogP contribution in [0.15, 0.2) is 49.6 Å². The first-order valence-electron chi connectivity index (χ1n) is 16.9. The minimum absolute atomic E-state index is 0.306. The molecule has 5 heteroatoms. The van der Waals surface area contributed by atoms with Crippen molar-refractivity contribution < 1.29 is 23.8 Å². The average molecular weight is 581 g/mol. The first-order valence-corrected chi connectivity index (χ1v) is 16.9. The van der Waals surface area contributed by atoms with Crippen LogP contribution in [-0.2, 0) is 25.5 Å². The zero-order valence-corrected chi connectivity index (χ0v) is 26.1. The molecule has 42 heavy (non-hydrogen) atoms. The standard InChI is InChI=1S/C37H56O5/c1-3-36(38)41-28-9-7-5-6-8-12-30-15-21-33(22-16-30)34-23-17-31(18-24-34)13-14-32-19-25-35(26-20-32)40-27-10-11-29-42-37(39)4-2/h3-4,19-20,25-26,30-31,33-34H,1-2,5-18,21-24,27-29H2. The fourth-order valence-corrected chi connectivity index (χ4v) is 6.94. The van der Waals surface area contributed by atoms with Gasteiger partial charge < -0.3 is 14.2 Å². The molecule has 0 N–H and O–H groups in total. The molecule has 0 unspecified atom stereocenters. The monoisotopic (exact) mass is 580 g/mol. The highest BCUT2D eigenvalue weighted by atomic mass is 16.5. The molecule has 2 fully saturated rings. The van der Waals surface area contributed by atoms with E-state index in [1.54, 1.807) is 0 Å². The molecular formula is C37H56O5. The predicted molar refractivity (Wildman–Crippen MR) is 170 cm³/mol. The van der Waals surface area contributed by atoms with E-state index in [1.807, 2.05) is 0 Å². The van der Waals surface area contributed by atoms with Crippen molar-refractivity contribution in [3.05, 3.63) is 55.1 Å². The zero-order valence-electron chi connectivity index (χ0n) is 26.1. The highest BCUT2D eigenvalue weighted by Crippen LogP contribution is 2.43. The van der Waals surface area contributed by atoms with E-state index >= 15 is 0 Å². The maximum Gasteiger partial charge on any atom is 0.330 e. The third kappa shape index (κ3) is 13.6. The molecule has 234 valence electrons. The Morgan fingerprint density at radius 3 is 1.67 bits per heavy atom. The maximum absolute atomic E-state index is 11.0. The molecule has 0 bridgehead atoms. The van der Waals surface area contributed by atoms with E-state index in [-0.39, 0.29) is 11.9 Å². The smallest absolute Gasteiger partial charge is 0.330 e. The third-order valence-electron chi connectivity index (χ3n) is 9.60. The second kappa shape index (κ2) is 20.4. The Morgan fingerprint density at radius 1 is 0.619 bits per heavy atom. The molecule has 0 aliphatic heterocycles. The topological polar surface area (TPSA) is 61.8 Å². The molecule has 0 aromatic heterocycles. The van der Waals surface area contributed by atoms with E-state index in [4.69, 9.17) is 14.2 Å². The number of unbranched alkanes of at least 4 members (excludes halogenated alkanes) is 5. The van der Waals surface area contributed by atoms with Crippen LogP contribution < -0.4 is 4.74 Å². The lowest BCUT2D eigenvalue weighted by atomic mass is 9.68. The molecule has 0 spiro atoms. The Kier molecular flexibility index (Phi) is 16.5. The first-order chi connectivity index (χ1) is 20.6. The van der Waals surface area contributed by atoms with Crippen LogP contribution >= 0.6 is 0 Å². The molecule has 2 aliphatic rings. The molecule has 2 aliphatic carbocycles. The minimum Gasteiger partial charge on any atom is -0.494 e. The number of hydrogen-bond donors (Lipinski definition) is 0. The second-order valence-corrected chi connectivity index (χ2v) is 12.6. The van der Waals surface area contributed by atoms with Gasteiger partial charge in [0.25, 0.3) is 0 Å². The summed E-state index contributed by atoms with van der Waals surface area (Å²) in [5.41, 5.74) is 1.41. The summed E-state index contributed by atoms with van der Waals surface area (Å²) < 4.78 is 15.9. The van der Waals surface area contributed by atoms with Gasteiger partial charge in [0.05, 0.1) is 19.8 Å². The SMILES string of the molecule is C=CC(=O)OCCCCCCCC1CCC(C2CCC(CCc3ccc(OCCCCOC(=O)C=C)cc3)CC2)CC1. The van der Waals surface area contributed by atoms with Crippen molar-refractivity contribution in [3.8, 4) is 5.75 Å². The van der Waals surface area contributed by atoms with Crippen molar-refractivity contribution >= 4 is 11.9 Å². The van der Waals surface area contributed by atoms with E-state index in [2.05, 4.69) is 37.4 Å². The lowest BCUT2D eigenvalue weighted by Gasteiger charge is -2.38. The molecule has 0 heterocycles. The second-order valence-electron chi connectivity index (χ2n) is 12.6. The van der Waals surface area contributed by atoms with Crippen LogP contribution in [-0.4, -0.2) is 31.8 Å². The van der Waals surface area contributed by atoms with Gasteiger partial charge >= 0.3 is 11.9 Å². The van der Waals surface area contributed by atoms with Crippen LogP contribution in [0.1, 0.15) is 115 Å². The Morgan fingerprint density at radius 2 is 1.10 bits per heavy atom. The van der Waals surface area contributed by atoms with E-state index in [9.17, 15) is 9.59 Å². The van der Waals surface area contributed by atoms with Gasteiger partial charge in [-0.25, -0.2) is 9.59 Å². The van der Waals surface area contributed by atoms with Gasteiger partial charge in [0.1, 0.15) is 5.75 Å². The largest absolute Gasteiger partial charge is 0.494 e. The molecule has 0 radical (unpaired) electrons. The number of benzene rings is 1. The molecule has 0 atom stereocenters. The lowest BCUT2D eigenvalue weighted by Crippen LogP contribution is -2.26. The molecule has 0 amide bonds. The van der Waals surface area contributed by atoms with Crippen molar-refractivity contribution in [3.63, 3.8) is 0 Å². The summed E-state index contributed by atoms with van der Waals surface area (Å²) in [7, 11) is 0. The van der Waals surface area contributed by atoms with Gasteiger partial charge in [-0.15, -0.1) is 0 Å². The van der Waals surface area contributed by atoms with Gasteiger partial charge in [-0.05, 0) is 99.2 Å². The van der Waals surface area contributed by atoms with Crippen LogP contribution in [0.4, 0.5) is 0 Å². The number of esters is 2. The first kappa shape index (κ1) is 33.9. The van der Waals surface area contributed by atoms with Crippen LogP contribution in [0.25, 0.3) is 0 Å². The van der Waals surface area contributed by atoms with E-state index < -0.39 is 0 Å². The number of carbonyl (C=O) groups excluding carboxylic acids is 2. The summed E-state index contributed by atoms with van der Waals surface area (Å²) in [6.07, 6.45) is 25.6. The van der Waals surface area contributed by atoms with Crippen LogP contribution in [0.3, 0.4) is 0 Å². The van der Waals surface area contributed by atoms with Gasteiger partial charge in [0.2, 0.25) is 0 Å². The third-order valence-corrected chi connectivity index (χ3v) is 9.60. The van der Waals surface area contributed by atoms with E-state index in [1.165, 1.54) is 101 Å². The highest BCUT2D eigenvalue weighted by Gasteiger charge is 2.30. The predicted octanol–water partition coefficient (Wildman–Crippen LogP) is 9.19. The minimum atomic E-state index is -0.365. The number of hydrogen-bond acceptors (Lipinski definition) is 5. The summed E-state index contributed by atoms with van der Waals surface area (Å²) in [5, 5.41) is 0. The van der Waals surface area contributed by atoms with Gasteiger partial charge in [-0.3, -0.25) is 0 Å². The molecular weight excluding hydrogens is 524 g/mol. The van der Waals surface area contributed by atoms with Crippen LogP contribution in [0.5, 0.6) is 5.75 Å². The molecule has 3 rings (SSSR count). The Hall–Kier alpha value is -2.56. The number of rotatable bonds is 20. The number of carbonyl (C=O) groups is 2. The van der Waals surface area contributed by atoms with Crippen molar-refractivity contribution in [2.24, 2.45) is 23.7 Å². The molecule has 1 aromatic carbocycles. The van der Waals surface area contributed by atoms with Crippen molar-refractivity contribution in [1.29, 1.82) is 0 Å². The maximum atomic E-state index is 11.0. The number of ether oxygens (including phenoxy) is 3. The van der Waals surface area contributed by atoms with Gasteiger partial charge in [0, 0.05) is 12.2 Å². The molecule has 5 nitrogen and oxygen atoms in total. The van der Waals surface area contributed by atoms with Gasteiger partial charge in [-0.2, -0.15) is 0 Å². The Labute approximate surface area is 255 Å². The molecule has 0 saturated heterocycles. The summed E-state index contributed by atoms with van der Waals surface area (Å²) in [6, 6.07) is 8.61. The summed E-state index contributed by atoms with van der Waals surface area (Å²) >= 11 is 0. The van der Waals surface area contributed by atoms with E-state index in [0.29, 0.717) is 19.8 Å². The Bertz CT molecular complexity index is 907. The van der Waals surface area contributed by atoms with E-state index in [0.717, 1.165) is 61.5 Å². The number of aryl methyl sites for hydroxylation is 1. The Balaban J connectivity index is 1.18. The van der Waals surface area contributed by atoms with Crippen LogP contribution in [0.2, 0.25) is 0 Å². The molecule has 2 saturated carbocycles. The fourth-order valence-electron chi connectivity index (χ4n) is 6.94. The van der Waals surface area contributed by atoms with Gasteiger partial charge in [0.15, 0.2) is 0 Å². The fraction of sp³-hybridized carbons (Fsp3) is 0.676. The summed E-state index contributed by atoms with van der Waals surface area (Å²) in [6.45, 7) is 8.40. The molecule has 1 aromatic rings. The van der Waals surface area contributed by atoms with Crippen molar-refractivity contribution in [1.82, 2.24) is 0 Å². The normalized spacial score (nSPS) is 22.2. The zero-order chi connectivity index (χ0) is 29.8. The average Bonchev–Trinajstić information content (AvgIpc) is 3.03. The lowest BCUT2D eigenvalue weighted by molar-refractivity contribution is -0.138. The summed E-state index contributed by atoms with van der Waals surface area (Å²) in [5.74, 6) is 4.04. The van der Waals surface area contributed by atoms with Crippen molar-refractivity contribution in [2.45, 2.75) is 116 Å².